The van der Waals surface area contributed by atoms with Gasteiger partial charge in [-0.25, -0.2) is 18.1 Å². The molecule has 3 aromatic rings. The first-order valence-corrected chi connectivity index (χ1v) is 9.07. The van der Waals surface area contributed by atoms with E-state index in [-0.39, 0.29) is 11.6 Å². The van der Waals surface area contributed by atoms with Crippen LogP contribution in [0.2, 0.25) is 0 Å². The maximum Gasteiger partial charge on any atom is 0.259 e. The van der Waals surface area contributed by atoms with Gasteiger partial charge in [-0.1, -0.05) is 18.2 Å². The molecule has 0 bridgehead atoms. The maximum absolute atomic E-state index is 12.5. The molecular weight excluding hydrogens is 328 g/mol. The summed E-state index contributed by atoms with van der Waals surface area (Å²) in [5.41, 5.74) is 1.93. The third-order valence-corrected chi connectivity index (χ3v) is 5.44. The minimum atomic E-state index is -3.78. The second-order valence-electron chi connectivity index (χ2n) is 5.80. The molecule has 2 aromatic heterocycles. The summed E-state index contributed by atoms with van der Waals surface area (Å²) in [5.74, 6) is 0.604. The lowest BCUT2D eigenvalue weighted by Crippen LogP contribution is -2.39. The number of sulfonamides is 1. The van der Waals surface area contributed by atoms with E-state index in [0.29, 0.717) is 12.2 Å². The standard InChI is InChI=1S/C16H20N4O3S/c1-11-18-16(9-20(11)2)24(22,23)19-13(10-21)7-12-8-17-15-6-4-3-5-14(12)15/h3-6,8-9,13,17,19,21H,7,10H2,1-2H3. The highest BCUT2D eigenvalue weighted by atomic mass is 32.2. The largest absolute Gasteiger partial charge is 0.395 e. The van der Waals surface area contributed by atoms with Gasteiger partial charge in [-0.2, -0.15) is 0 Å². The molecule has 0 aliphatic heterocycles. The number of aromatic nitrogens is 3. The minimum absolute atomic E-state index is 0.0418. The number of nitrogens with one attached hydrogen (secondary N) is 2. The first-order valence-electron chi connectivity index (χ1n) is 7.59. The van der Waals surface area contributed by atoms with Crippen LogP contribution < -0.4 is 4.72 Å². The van der Waals surface area contributed by atoms with Crippen LogP contribution in [0.1, 0.15) is 11.4 Å². The number of H-pyrrole nitrogens is 1. The Kier molecular flexibility index (Phi) is 4.44. The second kappa shape index (κ2) is 6.39. The van der Waals surface area contributed by atoms with Crippen LogP contribution in [-0.2, 0) is 23.5 Å². The van der Waals surface area contributed by atoms with Crippen molar-refractivity contribution in [3.8, 4) is 0 Å². The highest BCUT2D eigenvalue weighted by molar-refractivity contribution is 7.89. The van der Waals surface area contributed by atoms with E-state index in [4.69, 9.17) is 0 Å². The normalized spacial score (nSPS) is 13.5. The molecule has 8 heteroatoms. The number of aliphatic hydroxyl groups excluding tert-OH is 1. The first-order chi connectivity index (χ1) is 11.4. The molecular formula is C16H20N4O3S. The Labute approximate surface area is 140 Å². The molecule has 1 atom stereocenters. The van der Waals surface area contributed by atoms with Gasteiger partial charge in [0, 0.05) is 36.4 Å². The van der Waals surface area contributed by atoms with E-state index in [1.807, 2.05) is 30.5 Å². The van der Waals surface area contributed by atoms with Crippen LogP contribution in [0.3, 0.4) is 0 Å². The Balaban J connectivity index is 1.81. The fourth-order valence-electron chi connectivity index (χ4n) is 2.64. The predicted molar refractivity (Wildman–Crippen MR) is 91.1 cm³/mol. The molecule has 0 aliphatic carbocycles. The summed E-state index contributed by atoms with van der Waals surface area (Å²) in [6.07, 6.45) is 3.68. The number of rotatable bonds is 6. The van der Waals surface area contributed by atoms with E-state index in [9.17, 15) is 13.5 Å². The minimum Gasteiger partial charge on any atom is -0.395 e. The van der Waals surface area contributed by atoms with Gasteiger partial charge < -0.3 is 14.7 Å². The number of para-hydroxylation sites is 1. The van der Waals surface area contributed by atoms with Crippen molar-refractivity contribution in [3.63, 3.8) is 0 Å². The molecule has 1 unspecified atom stereocenters. The Morgan fingerprint density at radius 1 is 1.38 bits per heavy atom. The number of imidazole rings is 1. The van der Waals surface area contributed by atoms with Crippen LogP contribution in [0, 0.1) is 6.92 Å². The summed E-state index contributed by atoms with van der Waals surface area (Å²) in [7, 11) is -2.05. The zero-order valence-corrected chi connectivity index (χ0v) is 14.3. The number of hydrogen-bond acceptors (Lipinski definition) is 4. The summed E-state index contributed by atoms with van der Waals surface area (Å²) in [5, 5.41) is 10.6. The SMILES string of the molecule is Cc1nc(S(=O)(=O)NC(CO)Cc2c[nH]c3ccccc23)cn1C. The van der Waals surface area contributed by atoms with Crippen molar-refractivity contribution < 1.29 is 13.5 Å². The summed E-state index contributed by atoms with van der Waals surface area (Å²) >= 11 is 0. The van der Waals surface area contributed by atoms with E-state index in [1.54, 1.807) is 18.5 Å². The van der Waals surface area contributed by atoms with Crippen molar-refractivity contribution >= 4 is 20.9 Å². The summed E-state index contributed by atoms with van der Waals surface area (Å²) in [6, 6.07) is 7.14. The van der Waals surface area contributed by atoms with Crippen molar-refractivity contribution in [2.75, 3.05) is 6.61 Å². The average Bonchev–Trinajstić information content (AvgIpc) is 3.11. The quantitative estimate of drug-likeness (QED) is 0.621. The molecule has 128 valence electrons. The van der Waals surface area contributed by atoms with E-state index in [0.717, 1.165) is 16.5 Å². The van der Waals surface area contributed by atoms with Crippen LogP contribution in [0.15, 0.2) is 41.7 Å². The number of hydrogen-bond donors (Lipinski definition) is 3. The smallest absolute Gasteiger partial charge is 0.259 e. The summed E-state index contributed by atoms with van der Waals surface area (Å²) in [4.78, 5) is 7.19. The number of nitrogens with zero attached hydrogens (tertiary/aromatic N) is 2. The highest BCUT2D eigenvalue weighted by Gasteiger charge is 2.23. The molecule has 2 heterocycles. The number of fused-ring (bicyclic) bond motifs is 1. The highest BCUT2D eigenvalue weighted by Crippen LogP contribution is 2.19. The zero-order chi connectivity index (χ0) is 17.3. The van der Waals surface area contributed by atoms with Crippen molar-refractivity contribution in [2.45, 2.75) is 24.4 Å². The first kappa shape index (κ1) is 16.7. The Hall–Kier alpha value is -2.16. The number of aromatic amines is 1. The van der Waals surface area contributed by atoms with Gasteiger partial charge in [0.1, 0.15) is 5.82 Å². The monoisotopic (exact) mass is 348 g/mol. The lowest BCUT2D eigenvalue weighted by atomic mass is 10.1. The Bertz CT molecular complexity index is 939. The molecule has 0 radical (unpaired) electrons. The third-order valence-electron chi connectivity index (χ3n) is 4.05. The zero-order valence-electron chi connectivity index (χ0n) is 13.5. The van der Waals surface area contributed by atoms with E-state index in [2.05, 4.69) is 14.7 Å². The van der Waals surface area contributed by atoms with Gasteiger partial charge in [-0.05, 0) is 25.0 Å². The Morgan fingerprint density at radius 3 is 2.79 bits per heavy atom. The number of aliphatic hydroxyl groups is 1. The van der Waals surface area contributed by atoms with Gasteiger partial charge in [0.2, 0.25) is 0 Å². The molecule has 3 rings (SSSR count). The van der Waals surface area contributed by atoms with E-state index < -0.39 is 16.1 Å². The molecule has 0 saturated heterocycles. The maximum atomic E-state index is 12.5. The topological polar surface area (TPSA) is 100 Å². The molecule has 24 heavy (non-hydrogen) atoms. The van der Waals surface area contributed by atoms with Crippen LogP contribution in [0.25, 0.3) is 10.9 Å². The van der Waals surface area contributed by atoms with E-state index >= 15 is 0 Å². The van der Waals surface area contributed by atoms with Gasteiger partial charge in [0.15, 0.2) is 5.03 Å². The Morgan fingerprint density at radius 2 is 2.12 bits per heavy atom. The van der Waals surface area contributed by atoms with Crippen molar-refractivity contribution in [3.05, 3.63) is 48.0 Å². The van der Waals surface area contributed by atoms with Crippen LogP contribution >= 0.6 is 0 Å². The predicted octanol–water partition coefficient (Wildman–Crippen LogP) is 1.09. The fourth-order valence-corrected chi connectivity index (χ4v) is 3.91. The van der Waals surface area contributed by atoms with Gasteiger partial charge in [0.05, 0.1) is 6.61 Å². The third kappa shape index (κ3) is 3.21. The van der Waals surface area contributed by atoms with Crippen LogP contribution in [0.5, 0.6) is 0 Å². The molecule has 0 amide bonds. The summed E-state index contributed by atoms with van der Waals surface area (Å²) < 4.78 is 29.1. The molecule has 0 spiro atoms. The van der Waals surface area contributed by atoms with Gasteiger partial charge in [-0.3, -0.25) is 0 Å². The van der Waals surface area contributed by atoms with Crippen LogP contribution in [0.4, 0.5) is 0 Å². The molecule has 3 N–H and O–H groups in total. The van der Waals surface area contributed by atoms with Gasteiger partial charge in [0.25, 0.3) is 10.0 Å². The van der Waals surface area contributed by atoms with E-state index in [1.165, 1.54) is 6.20 Å². The van der Waals surface area contributed by atoms with Gasteiger partial charge in [-0.15, -0.1) is 0 Å². The molecule has 7 nitrogen and oxygen atoms in total. The molecule has 0 saturated carbocycles. The second-order valence-corrected chi connectivity index (χ2v) is 7.46. The molecule has 0 aliphatic rings. The molecule has 0 fully saturated rings. The summed E-state index contributed by atoms with van der Waals surface area (Å²) in [6.45, 7) is 1.43. The fraction of sp³-hybridized carbons (Fsp3) is 0.312. The van der Waals surface area contributed by atoms with Crippen LogP contribution in [-0.4, -0.2) is 40.7 Å². The number of benzene rings is 1. The lowest BCUT2D eigenvalue weighted by Gasteiger charge is -2.15. The number of aryl methyl sites for hydroxylation is 2. The van der Waals surface area contributed by atoms with Crippen molar-refractivity contribution in [1.29, 1.82) is 0 Å². The molecule has 1 aromatic carbocycles. The van der Waals surface area contributed by atoms with Gasteiger partial charge >= 0.3 is 0 Å². The van der Waals surface area contributed by atoms with Crippen molar-refractivity contribution in [2.24, 2.45) is 7.05 Å². The lowest BCUT2D eigenvalue weighted by molar-refractivity contribution is 0.256. The van der Waals surface area contributed by atoms with Crippen molar-refractivity contribution in [1.82, 2.24) is 19.3 Å². The average molecular weight is 348 g/mol.